The summed E-state index contributed by atoms with van der Waals surface area (Å²) < 4.78 is 24.7. The zero-order chi connectivity index (χ0) is 8.43. The van der Waals surface area contributed by atoms with Gasteiger partial charge in [-0.1, -0.05) is 0 Å². The van der Waals surface area contributed by atoms with Gasteiger partial charge in [-0.25, -0.2) is 13.6 Å². The summed E-state index contributed by atoms with van der Waals surface area (Å²) in [7, 11) is 0. The third-order valence-electron chi connectivity index (χ3n) is 1.16. The molecule has 0 heterocycles. The van der Waals surface area contributed by atoms with E-state index in [4.69, 9.17) is 5.11 Å². The third-order valence-corrected chi connectivity index (χ3v) is 1.16. The van der Waals surface area contributed by atoms with Crippen LogP contribution in [0.4, 0.5) is 8.78 Å². The number of benzene rings is 1. The number of rotatable bonds is 1. The van der Waals surface area contributed by atoms with E-state index in [1.54, 1.807) is 0 Å². The van der Waals surface area contributed by atoms with Gasteiger partial charge < -0.3 is 5.11 Å². The number of hydrogen-bond acceptors (Lipinski definition) is 1. The molecule has 0 spiro atoms. The van der Waals surface area contributed by atoms with E-state index in [1.165, 1.54) is 0 Å². The first-order valence-corrected chi connectivity index (χ1v) is 2.79. The van der Waals surface area contributed by atoms with Crippen molar-refractivity contribution in [2.24, 2.45) is 0 Å². The minimum atomic E-state index is -1.40. The average Bonchev–Trinajstić information content (AvgIpc) is 1.85. The molecule has 0 aliphatic carbocycles. The predicted molar refractivity (Wildman–Crippen MR) is 40.5 cm³/mol. The molecule has 5 heteroatoms. The molecule has 0 bridgehead atoms. The number of carboxylic acid groups (broad SMARTS) is 1. The molecule has 1 aromatic rings. The molecule has 0 aliphatic heterocycles. The van der Waals surface area contributed by atoms with Gasteiger partial charge >= 0.3 is 24.8 Å². The first kappa shape index (κ1) is 11.1. The molecule has 0 atom stereocenters. The van der Waals surface area contributed by atoms with Crippen molar-refractivity contribution in [3.05, 3.63) is 35.4 Å². The van der Waals surface area contributed by atoms with Crippen molar-refractivity contribution in [1.29, 1.82) is 0 Å². The van der Waals surface area contributed by atoms with E-state index in [0.717, 1.165) is 12.1 Å². The van der Waals surface area contributed by atoms with E-state index >= 15 is 0 Å². The summed E-state index contributed by atoms with van der Waals surface area (Å²) >= 11 is 0. The summed E-state index contributed by atoms with van der Waals surface area (Å²) in [6.07, 6.45) is 0. The molecule has 0 aromatic heterocycles. The molecule has 2 nitrogen and oxygen atoms in total. The summed E-state index contributed by atoms with van der Waals surface area (Å²) in [5.74, 6) is -3.24. The Morgan fingerprint density at radius 3 is 2.33 bits per heavy atom. The van der Waals surface area contributed by atoms with Gasteiger partial charge in [0.15, 0.2) is 0 Å². The molecule has 1 N–H and O–H groups in total. The van der Waals surface area contributed by atoms with E-state index in [9.17, 15) is 13.6 Å². The summed E-state index contributed by atoms with van der Waals surface area (Å²) in [4.78, 5) is 10.2. The number of aromatic carboxylic acids is 1. The van der Waals surface area contributed by atoms with Crippen molar-refractivity contribution in [2.75, 3.05) is 0 Å². The van der Waals surface area contributed by atoms with Gasteiger partial charge in [0.2, 0.25) is 0 Å². The Kier molecular flexibility index (Phi) is 3.94. The summed E-state index contributed by atoms with van der Waals surface area (Å²) in [6, 6.07) is 2.31. The Labute approximate surface area is 79.4 Å². The van der Waals surface area contributed by atoms with E-state index < -0.39 is 23.2 Å². The van der Waals surface area contributed by atoms with Crippen molar-refractivity contribution in [3.8, 4) is 0 Å². The van der Waals surface area contributed by atoms with Crippen LogP contribution in [0.15, 0.2) is 18.2 Å². The monoisotopic (exact) mass is 166 g/mol. The second kappa shape index (κ2) is 4.24. The SMILES string of the molecule is O=C(O)c1ccc(F)cc1F.[LiH]. The molecule has 0 aliphatic rings. The zero-order valence-corrected chi connectivity index (χ0v) is 5.34. The van der Waals surface area contributed by atoms with Gasteiger partial charge in [0, 0.05) is 6.07 Å². The van der Waals surface area contributed by atoms with Gasteiger partial charge in [-0.3, -0.25) is 0 Å². The van der Waals surface area contributed by atoms with Gasteiger partial charge in [0.1, 0.15) is 11.6 Å². The van der Waals surface area contributed by atoms with Crippen LogP contribution in [0.3, 0.4) is 0 Å². The van der Waals surface area contributed by atoms with E-state index in [-0.39, 0.29) is 18.9 Å². The molecule has 0 unspecified atom stereocenters. The second-order valence-electron chi connectivity index (χ2n) is 1.93. The van der Waals surface area contributed by atoms with E-state index in [1.807, 2.05) is 0 Å². The van der Waals surface area contributed by atoms with Gasteiger partial charge in [-0.15, -0.1) is 0 Å². The van der Waals surface area contributed by atoms with Crippen molar-refractivity contribution in [1.82, 2.24) is 0 Å². The molecule has 1 rings (SSSR count). The fourth-order valence-electron chi connectivity index (χ4n) is 0.663. The Bertz CT molecular complexity index is 301. The zero-order valence-electron chi connectivity index (χ0n) is 5.34. The maximum absolute atomic E-state index is 12.5. The Hall–Kier alpha value is -0.853. The molecule has 12 heavy (non-hydrogen) atoms. The number of carboxylic acids is 1. The normalized spacial score (nSPS) is 8.83. The van der Waals surface area contributed by atoms with Crippen LogP contribution in [0.2, 0.25) is 0 Å². The van der Waals surface area contributed by atoms with Crippen LogP contribution in [0, 0.1) is 11.6 Å². The molecular formula is C7H5F2LiO2. The van der Waals surface area contributed by atoms with Crippen LogP contribution in [0.1, 0.15) is 10.4 Å². The maximum atomic E-state index is 12.5. The quantitative estimate of drug-likeness (QED) is 0.632. The van der Waals surface area contributed by atoms with Gasteiger partial charge in [-0.05, 0) is 12.1 Å². The van der Waals surface area contributed by atoms with Crippen LogP contribution in [0.5, 0.6) is 0 Å². The average molecular weight is 166 g/mol. The molecule has 60 valence electrons. The van der Waals surface area contributed by atoms with Crippen molar-refractivity contribution >= 4 is 24.8 Å². The molecule has 0 radical (unpaired) electrons. The van der Waals surface area contributed by atoms with Crippen LogP contribution in [0.25, 0.3) is 0 Å². The van der Waals surface area contributed by atoms with Crippen LogP contribution < -0.4 is 0 Å². The standard InChI is InChI=1S/C7H4F2O2.Li.H/c8-4-1-2-5(7(10)11)6(9)3-4;;/h1-3H,(H,10,11);;. The van der Waals surface area contributed by atoms with Crippen LogP contribution in [-0.4, -0.2) is 29.9 Å². The van der Waals surface area contributed by atoms with Gasteiger partial charge in [-0.2, -0.15) is 0 Å². The summed E-state index contributed by atoms with van der Waals surface area (Å²) in [5, 5.41) is 8.29. The minimum absolute atomic E-state index is 0. The summed E-state index contributed by atoms with van der Waals surface area (Å²) in [5.41, 5.74) is -0.522. The number of hydrogen-bond donors (Lipinski definition) is 1. The number of halogens is 2. The Morgan fingerprint density at radius 2 is 1.92 bits per heavy atom. The predicted octanol–water partition coefficient (Wildman–Crippen LogP) is 1.01. The second-order valence-corrected chi connectivity index (χ2v) is 1.93. The van der Waals surface area contributed by atoms with Crippen LogP contribution in [-0.2, 0) is 0 Å². The fourth-order valence-corrected chi connectivity index (χ4v) is 0.663. The Morgan fingerprint density at radius 1 is 1.33 bits per heavy atom. The van der Waals surface area contributed by atoms with E-state index in [2.05, 4.69) is 0 Å². The first-order chi connectivity index (χ1) is 5.11. The molecule has 0 fully saturated rings. The summed E-state index contributed by atoms with van der Waals surface area (Å²) in [6.45, 7) is 0. The van der Waals surface area contributed by atoms with E-state index in [0.29, 0.717) is 6.07 Å². The third kappa shape index (κ3) is 2.33. The van der Waals surface area contributed by atoms with Crippen molar-refractivity contribution in [2.45, 2.75) is 0 Å². The number of carbonyl (C=O) groups is 1. The fraction of sp³-hybridized carbons (Fsp3) is 0. The first-order valence-electron chi connectivity index (χ1n) is 2.79. The van der Waals surface area contributed by atoms with Crippen LogP contribution >= 0.6 is 0 Å². The topological polar surface area (TPSA) is 37.3 Å². The van der Waals surface area contributed by atoms with Gasteiger partial charge in [0.05, 0.1) is 5.56 Å². The Balaban J connectivity index is 0.00000121. The molecule has 0 saturated heterocycles. The molecule has 1 aromatic carbocycles. The van der Waals surface area contributed by atoms with Gasteiger partial charge in [0.25, 0.3) is 0 Å². The molecule has 0 amide bonds. The molecule has 0 saturated carbocycles. The molecular weight excluding hydrogens is 161 g/mol. The van der Waals surface area contributed by atoms with Crippen molar-refractivity contribution < 1.29 is 18.7 Å². The van der Waals surface area contributed by atoms with Crippen molar-refractivity contribution in [3.63, 3.8) is 0 Å².